The first-order valence-corrected chi connectivity index (χ1v) is 4.85. The van der Waals surface area contributed by atoms with Crippen LogP contribution in [0.3, 0.4) is 0 Å². The molecule has 2 N–H and O–H groups in total. The molecule has 0 radical (unpaired) electrons. The van der Waals surface area contributed by atoms with E-state index >= 15 is 0 Å². The molecule has 1 saturated carbocycles. The van der Waals surface area contributed by atoms with E-state index in [-0.39, 0.29) is 12.0 Å². The van der Waals surface area contributed by atoms with E-state index in [2.05, 4.69) is 0 Å². The normalized spacial score (nSPS) is 24.0. The fourth-order valence-corrected chi connectivity index (χ4v) is 1.96. The average Bonchev–Trinajstić information content (AvgIpc) is 2.06. The summed E-state index contributed by atoms with van der Waals surface area (Å²) >= 11 is 0. The molecule has 12 heavy (non-hydrogen) atoms. The largest absolute Gasteiger partial charge is 0.396 e. The number of hydrogen-bond donors (Lipinski definition) is 2. The van der Waals surface area contributed by atoms with E-state index in [0.717, 1.165) is 25.7 Å². The van der Waals surface area contributed by atoms with Gasteiger partial charge in [-0.1, -0.05) is 33.1 Å². The third kappa shape index (κ3) is 1.64. The fourth-order valence-electron chi connectivity index (χ4n) is 1.96. The van der Waals surface area contributed by atoms with Crippen LogP contribution in [0.4, 0.5) is 0 Å². The van der Waals surface area contributed by atoms with Crippen LogP contribution in [0, 0.1) is 5.41 Å². The number of hydrogen-bond acceptors (Lipinski definition) is 2. The van der Waals surface area contributed by atoms with E-state index in [1.54, 1.807) is 0 Å². The molecule has 1 aliphatic rings. The zero-order valence-electron chi connectivity index (χ0n) is 8.14. The van der Waals surface area contributed by atoms with Crippen molar-refractivity contribution >= 4 is 0 Å². The molecule has 0 aliphatic heterocycles. The van der Waals surface area contributed by atoms with Gasteiger partial charge in [0.25, 0.3) is 0 Å². The van der Waals surface area contributed by atoms with E-state index in [1.807, 2.05) is 13.8 Å². The number of aliphatic hydroxyl groups is 2. The molecule has 0 saturated heterocycles. The first-order valence-electron chi connectivity index (χ1n) is 4.85. The highest BCUT2D eigenvalue weighted by Gasteiger charge is 2.43. The summed E-state index contributed by atoms with van der Waals surface area (Å²) in [5.41, 5.74) is -0.965. The Labute approximate surface area is 74.6 Å². The SMILES string of the molecule is CC(C)(CO)C1(O)CCCCC1. The Morgan fingerprint density at radius 2 is 1.67 bits per heavy atom. The summed E-state index contributed by atoms with van der Waals surface area (Å²) in [5, 5.41) is 19.4. The lowest BCUT2D eigenvalue weighted by molar-refractivity contribution is -0.112. The van der Waals surface area contributed by atoms with Crippen LogP contribution in [0.15, 0.2) is 0 Å². The van der Waals surface area contributed by atoms with Gasteiger partial charge in [0.1, 0.15) is 0 Å². The lowest BCUT2D eigenvalue weighted by atomic mass is 9.67. The van der Waals surface area contributed by atoms with Crippen molar-refractivity contribution in [3.63, 3.8) is 0 Å². The first-order chi connectivity index (χ1) is 5.52. The molecule has 1 rings (SSSR count). The van der Waals surface area contributed by atoms with Gasteiger partial charge in [0, 0.05) is 5.41 Å². The molecule has 72 valence electrons. The highest BCUT2D eigenvalue weighted by molar-refractivity contribution is 4.94. The minimum absolute atomic E-state index is 0.0729. The van der Waals surface area contributed by atoms with E-state index in [1.165, 1.54) is 6.42 Å². The molecular formula is C10H20O2. The van der Waals surface area contributed by atoms with Gasteiger partial charge in [-0.2, -0.15) is 0 Å². The number of rotatable bonds is 2. The molecule has 1 aliphatic carbocycles. The lowest BCUT2D eigenvalue weighted by Gasteiger charge is -2.44. The first kappa shape index (κ1) is 10.0. The van der Waals surface area contributed by atoms with E-state index in [9.17, 15) is 5.11 Å². The molecule has 0 amide bonds. The average molecular weight is 172 g/mol. The topological polar surface area (TPSA) is 40.5 Å². The summed E-state index contributed by atoms with van der Waals surface area (Å²) in [6.07, 6.45) is 5.12. The molecule has 0 spiro atoms. The Morgan fingerprint density at radius 1 is 1.17 bits per heavy atom. The van der Waals surface area contributed by atoms with Gasteiger partial charge in [-0.05, 0) is 12.8 Å². The molecule has 0 aromatic carbocycles. The minimum Gasteiger partial charge on any atom is -0.396 e. The molecule has 0 aromatic heterocycles. The van der Waals surface area contributed by atoms with Crippen LogP contribution in [0.25, 0.3) is 0 Å². The number of aliphatic hydroxyl groups excluding tert-OH is 1. The van der Waals surface area contributed by atoms with Crippen LogP contribution in [0.1, 0.15) is 46.0 Å². The van der Waals surface area contributed by atoms with Crippen molar-refractivity contribution in [2.45, 2.75) is 51.6 Å². The van der Waals surface area contributed by atoms with Gasteiger partial charge in [0.2, 0.25) is 0 Å². The maximum absolute atomic E-state index is 10.2. The fraction of sp³-hybridized carbons (Fsp3) is 1.00. The Hall–Kier alpha value is -0.0800. The predicted molar refractivity (Wildman–Crippen MR) is 48.9 cm³/mol. The quantitative estimate of drug-likeness (QED) is 0.665. The summed E-state index contributed by atoms with van der Waals surface area (Å²) in [5.74, 6) is 0. The van der Waals surface area contributed by atoms with Crippen molar-refractivity contribution in [1.82, 2.24) is 0 Å². The molecule has 0 bridgehead atoms. The monoisotopic (exact) mass is 172 g/mol. The van der Waals surface area contributed by atoms with Gasteiger partial charge >= 0.3 is 0 Å². The second-order valence-electron chi connectivity index (χ2n) is 4.63. The molecule has 0 aromatic rings. The summed E-state index contributed by atoms with van der Waals surface area (Å²) in [4.78, 5) is 0. The Kier molecular flexibility index (Phi) is 2.79. The molecule has 2 heteroatoms. The second kappa shape index (κ2) is 3.35. The van der Waals surface area contributed by atoms with Crippen molar-refractivity contribution in [3.05, 3.63) is 0 Å². The maximum atomic E-state index is 10.2. The molecule has 0 atom stereocenters. The van der Waals surface area contributed by atoms with Crippen LogP contribution < -0.4 is 0 Å². The van der Waals surface area contributed by atoms with Crippen LogP contribution in [-0.2, 0) is 0 Å². The van der Waals surface area contributed by atoms with Crippen molar-refractivity contribution in [3.8, 4) is 0 Å². The van der Waals surface area contributed by atoms with Gasteiger partial charge in [-0.25, -0.2) is 0 Å². The Balaban J connectivity index is 2.68. The molecule has 2 nitrogen and oxygen atoms in total. The highest BCUT2D eigenvalue weighted by Crippen LogP contribution is 2.41. The summed E-state index contributed by atoms with van der Waals surface area (Å²) in [6.45, 7) is 3.96. The summed E-state index contributed by atoms with van der Waals surface area (Å²) < 4.78 is 0. The predicted octanol–water partition coefficient (Wildman–Crippen LogP) is 1.70. The second-order valence-corrected chi connectivity index (χ2v) is 4.63. The molecule has 0 unspecified atom stereocenters. The van der Waals surface area contributed by atoms with Gasteiger partial charge in [-0.3, -0.25) is 0 Å². The van der Waals surface area contributed by atoms with E-state index in [4.69, 9.17) is 5.11 Å². The smallest absolute Gasteiger partial charge is 0.0720 e. The minimum atomic E-state index is -0.625. The van der Waals surface area contributed by atoms with Crippen molar-refractivity contribution < 1.29 is 10.2 Å². The third-order valence-electron chi connectivity index (χ3n) is 3.34. The van der Waals surface area contributed by atoms with Crippen molar-refractivity contribution in [1.29, 1.82) is 0 Å². The van der Waals surface area contributed by atoms with Gasteiger partial charge < -0.3 is 10.2 Å². The zero-order valence-corrected chi connectivity index (χ0v) is 8.14. The van der Waals surface area contributed by atoms with Crippen LogP contribution >= 0.6 is 0 Å². The van der Waals surface area contributed by atoms with E-state index in [0.29, 0.717) is 0 Å². The molecule has 0 heterocycles. The van der Waals surface area contributed by atoms with E-state index < -0.39 is 5.60 Å². The molecule has 1 fully saturated rings. The molecular weight excluding hydrogens is 152 g/mol. The summed E-state index contributed by atoms with van der Waals surface area (Å²) in [6, 6.07) is 0. The van der Waals surface area contributed by atoms with Gasteiger partial charge in [-0.15, -0.1) is 0 Å². The highest BCUT2D eigenvalue weighted by atomic mass is 16.3. The van der Waals surface area contributed by atoms with Gasteiger partial charge in [0.15, 0.2) is 0 Å². The standard InChI is InChI=1S/C10H20O2/c1-9(2,8-11)10(12)6-4-3-5-7-10/h11-12H,3-8H2,1-2H3. The van der Waals surface area contributed by atoms with Crippen LogP contribution in [0.2, 0.25) is 0 Å². The van der Waals surface area contributed by atoms with Gasteiger partial charge in [0.05, 0.1) is 12.2 Å². The third-order valence-corrected chi connectivity index (χ3v) is 3.34. The zero-order chi connectivity index (χ0) is 9.24. The summed E-state index contributed by atoms with van der Waals surface area (Å²) in [7, 11) is 0. The van der Waals surface area contributed by atoms with Crippen LogP contribution in [-0.4, -0.2) is 22.4 Å². The van der Waals surface area contributed by atoms with Crippen LogP contribution in [0.5, 0.6) is 0 Å². The Morgan fingerprint density at radius 3 is 2.08 bits per heavy atom. The van der Waals surface area contributed by atoms with Crippen molar-refractivity contribution in [2.75, 3.05) is 6.61 Å². The van der Waals surface area contributed by atoms with Crippen molar-refractivity contribution in [2.24, 2.45) is 5.41 Å². The lowest BCUT2D eigenvalue weighted by Crippen LogP contribution is -2.48. The Bertz CT molecular complexity index is 146. The maximum Gasteiger partial charge on any atom is 0.0720 e.